The van der Waals surface area contributed by atoms with Crippen molar-refractivity contribution >= 4 is 39.1 Å². The first-order valence-electron chi connectivity index (χ1n) is 14.3. The van der Waals surface area contributed by atoms with E-state index in [2.05, 4.69) is 26.1 Å². The lowest BCUT2D eigenvalue weighted by molar-refractivity contribution is 0.110. The van der Waals surface area contributed by atoms with E-state index >= 15 is 4.39 Å². The van der Waals surface area contributed by atoms with Crippen molar-refractivity contribution < 1.29 is 9.13 Å². The lowest BCUT2D eigenvalue weighted by atomic mass is 9.84. The van der Waals surface area contributed by atoms with Crippen LogP contribution in [0.1, 0.15) is 32.1 Å². The summed E-state index contributed by atoms with van der Waals surface area (Å²) in [5.74, 6) is 0.723. The predicted octanol–water partition coefficient (Wildman–Crippen LogP) is 4.60. The third-order valence-electron chi connectivity index (χ3n) is 9.13. The molecular formula is C30H31ClFN7O. The van der Waals surface area contributed by atoms with E-state index in [1.807, 2.05) is 36.4 Å². The molecule has 40 heavy (non-hydrogen) atoms. The number of fused-ring (bicyclic) bond motifs is 5. The van der Waals surface area contributed by atoms with Gasteiger partial charge in [-0.3, -0.25) is 15.8 Å². The van der Waals surface area contributed by atoms with Gasteiger partial charge in [0, 0.05) is 59.9 Å². The van der Waals surface area contributed by atoms with E-state index in [4.69, 9.17) is 26.3 Å². The van der Waals surface area contributed by atoms with Crippen molar-refractivity contribution in [3.05, 3.63) is 53.4 Å². The van der Waals surface area contributed by atoms with E-state index in [1.165, 1.54) is 0 Å². The number of piperazine rings is 1. The second-order valence-electron chi connectivity index (χ2n) is 11.6. The van der Waals surface area contributed by atoms with Crippen molar-refractivity contribution in [2.45, 2.75) is 56.3 Å². The smallest absolute Gasteiger partial charge is 0.319 e. The number of benzene rings is 2. The third kappa shape index (κ3) is 4.18. The highest BCUT2D eigenvalue weighted by molar-refractivity contribution is 6.36. The van der Waals surface area contributed by atoms with Crippen LogP contribution < -0.4 is 25.8 Å². The maximum Gasteiger partial charge on any atom is 0.319 e. The molecule has 2 bridgehead atoms. The Morgan fingerprint density at radius 3 is 2.67 bits per heavy atom. The van der Waals surface area contributed by atoms with Crippen molar-refractivity contribution in [2.24, 2.45) is 5.92 Å². The third-order valence-corrected chi connectivity index (χ3v) is 9.44. The Bertz CT molecular complexity index is 1600. The molecule has 4 fully saturated rings. The van der Waals surface area contributed by atoms with E-state index < -0.39 is 5.82 Å². The molecule has 0 spiro atoms. The first-order valence-corrected chi connectivity index (χ1v) is 14.7. The summed E-state index contributed by atoms with van der Waals surface area (Å²) in [5.41, 5.74) is 7.74. The summed E-state index contributed by atoms with van der Waals surface area (Å²) in [4.78, 5) is 16.5. The molecule has 4 aromatic rings. The number of halogens is 2. The summed E-state index contributed by atoms with van der Waals surface area (Å²) in [6.07, 6.45) is 6.83. The zero-order valence-electron chi connectivity index (χ0n) is 22.0. The highest BCUT2D eigenvalue weighted by Crippen LogP contribution is 2.38. The number of pyridine rings is 1. The average molecular weight is 560 g/mol. The van der Waals surface area contributed by atoms with Gasteiger partial charge in [0.05, 0.1) is 5.39 Å². The normalized spacial score (nSPS) is 27.9. The van der Waals surface area contributed by atoms with Crippen molar-refractivity contribution in [2.75, 3.05) is 24.5 Å². The molecule has 5 unspecified atom stereocenters. The molecule has 2 aromatic heterocycles. The van der Waals surface area contributed by atoms with Gasteiger partial charge in [-0.1, -0.05) is 41.9 Å². The van der Waals surface area contributed by atoms with Crippen LogP contribution in [0, 0.1) is 11.7 Å². The fourth-order valence-electron chi connectivity index (χ4n) is 7.18. The van der Waals surface area contributed by atoms with E-state index in [0.717, 1.165) is 62.5 Å². The number of hydrazine groups is 1. The van der Waals surface area contributed by atoms with Gasteiger partial charge in [-0.05, 0) is 49.5 Å². The van der Waals surface area contributed by atoms with E-state index in [-0.39, 0.29) is 23.3 Å². The quantitative estimate of drug-likeness (QED) is 0.334. The predicted molar refractivity (Wildman–Crippen MR) is 154 cm³/mol. The highest BCUT2D eigenvalue weighted by atomic mass is 35.5. The minimum atomic E-state index is -0.482. The number of nitrogens with one attached hydrogen (secondary N) is 3. The second kappa shape index (κ2) is 9.76. The Kier molecular flexibility index (Phi) is 6.02. The maximum absolute atomic E-state index is 16.6. The van der Waals surface area contributed by atoms with Crippen molar-refractivity contribution in [3.63, 3.8) is 0 Å². The summed E-state index contributed by atoms with van der Waals surface area (Å²) < 4.78 is 23.0. The molecule has 10 heteroatoms. The molecular weight excluding hydrogens is 529 g/mol. The summed E-state index contributed by atoms with van der Waals surface area (Å²) in [6, 6.07) is 12.9. The molecule has 1 aliphatic carbocycles. The Morgan fingerprint density at radius 1 is 1.00 bits per heavy atom. The number of anilines is 1. The van der Waals surface area contributed by atoms with Crippen molar-refractivity contribution in [3.8, 4) is 17.3 Å². The lowest BCUT2D eigenvalue weighted by Crippen LogP contribution is -2.51. The zero-order valence-corrected chi connectivity index (χ0v) is 22.8. The molecule has 1 saturated carbocycles. The summed E-state index contributed by atoms with van der Waals surface area (Å²) >= 11 is 6.60. The van der Waals surface area contributed by atoms with Gasteiger partial charge >= 0.3 is 6.01 Å². The fraction of sp³-hybridized carbons (Fsp3) is 0.433. The minimum Gasteiger partial charge on any atom is -0.460 e. The van der Waals surface area contributed by atoms with Crippen LogP contribution in [0.25, 0.3) is 32.9 Å². The maximum atomic E-state index is 16.6. The van der Waals surface area contributed by atoms with E-state index in [1.54, 1.807) is 6.20 Å². The molecule has 3 saturated heterocycles. The van der Waals surface area contributed by atoms with Crippen LogP contribution in [0.15, 0.2) is 42.6 Å². The number of hydrogen-bond acceptors (Lipinski definition) is 8. The monoisotopic (exact) mass is 559 g/mol. The van der Waals surface area contributed by atoms with Gasteiger partial charge in [-0.25, -0.2) is 4.39 Å². The van der Waals surface area contributed by atoms with Crippen LogP contribution in [0.4, 0.5) is 10.2 Å². The first-order chi connectivity index (χ1) is 19.6. The van der Waals surface area contributed by atoms with Gasteiger partial charge in [-0.2, -0.15) is 9.97 Å². The van der Waals surface area contributed by atoms with E-state index in [0.29, 0.717) is 45.8 Å². The van der Waals surface area contributed by atoms with Crippen LogP contribution in [-0.2, 0) is 0 Å². The molecule has 2 aromatic carbocycles. The first kappa shape index (κ1) is 24.7. The van der Waals surface area contributed by atoms with Gasteiger partial charge in [0.2, 0.25) is 0 Å². The molecule has 5 heterocycles. The van der Waals surface area contributed by atoms with Crippen LogP contribution >= 0.6 is 11.6 Å². The van der Waals surface area contributed by atoms with Gasteiger partial charge in [-0.15, -0.1) is 0 Å². The lowest BCUT2D eigenvalue weighted by Gasteiger charge is -2.34. The van der Waals surface area contributed by atoms with Crippen molar-refractivity contribution in [1.29, 1.82) is 0 Å². The zero-order chi connectivity index (χ0) is 26.8. The van der Waals surface area contributed by atoms with Crippen LogP contribution in [0.5, 0.6) is 6.01 Å². The van der Waals surface area contributed by atoms with Crippen LogP contribution in [-0.4, -0.2) is 58.8 Å². The SMILES string of the molecule is Fc1c(-c2cccc3cccc(Cl)c23)ncc2c(N3CC4CCC(C3)N4)nc(OC3CCC4NNCC4C3)nc12. The standard InChI is InChI=1S/C30H31ClFN7O/c31-23-6-2-4-16-3-1-5-21(25(16)23)27-26(32)28-22(13-33-27)29(39-14-18-7-8-19(15-39)35-18)37-30(36-28)40-20-9-10-24-17(11-20)12-34-38-24/h1-6,13,17-20,24,34-35,38H,7-12,14-15H2. The molecule has 8 rings (SSSR count). The summed E-state index contributed by atoms with van der Waals surface area (Å²) in [5, 5.41) is 6.55. The van der Waals surface area contributed by atoms with Gasteiger partial charge in [0.25, 0.3) is 0 Å². The Hall–Kier alpha value is -3.11. The number of nitrogens with zero attached hydrogens (tertiary/aromatic N) is 4. The largest absolute Gasteiger partial charge is 0.460 e. The highest BCUT2D eigenvalue weighted by Gasteiger charge is 2.36. The van der Waals surface area contributed by atoms with Gasteiger partial charge < -0.3 is 15.0 Å². The number of ether oxygens (including phenoxy) is 1. The topological polar surface area (TPSA) is 87.2 Å². The molecule has 206 valence electrons. The Labute approximate surface area is 236 Å². The molecule has 5 atom stereocenters. The Balaban J connectivity index is 1.24. The van der Waals surface area contributed by atoms with Gasteiger partial charge in [0.1, 0.15) is 23.1 Å². The summed E-state index contributed by atoms with van der Waals surface area (Å²) in [6.45, 7) is 2.55. The molecule has 0 radical (unpaired) electrons. The molecule has 0 amide bonds. The summed E-state index contributed by atoms with van der Waals surface area (Å²) in [7, 11) is 0. The average Bonchev–Trinajstić information content (AvgIpc) is 3.58. The number of rotatable bonds is 4. The van der Waals surface area contributed by atoms with Crippen LogP contribution in [0.2, 0.25) is 5.02 Å². The molecule has 8 nitrogen and oxygen atoms in total. The molecule has 3 aliphatic heterocycles. The van der Waals surface area contributed by atoms with Gasteiger partial charge in [0.15, 0.2) is 5.82 Å². The number of aromatic nitrogens is 3. The van der Waals surface area contributed by atoms with Crippen LogP contribution in [0.3, 0.4) is 0 Å². The minimum absolute atomic E-state index is 0.00584. The molecule has 4 aliphatic rings. The van der Waals surface area contributed by atoms with E-state index in [9.17, 15) is 0 Å². The Morgan fingerprint density at radius 2 is 1.82 bits per heavy atom. The molecule has 3 N–H and O–H groups in total. The second-order valence-corrected chi connectivity index (χ2v) is 12.1. The van der Waals surface area contributed by atoms with Crippen molar-refractivity contribution in [1.82, 2.24) is 31.1 Å². The number of hydrogen-bond donors (Lipinski definition) is 3. The fourth-order valence-corrected chi connectivity index (χ4v) is 7.46.